The van der Waals surface area contributed by atoms with E-state index >= 15 is 0 Å². The van der Waals surface area contributed by atoms with Crippen molar-refractivity contribution in [1.82, 2.24) is 10.3 Å². The van der Waals surface area contributed by atoms with Crippen molar-refractivity contribution in [3.63, 3.8) is 0 Å². The average Bonchev–Trinajstić information content (AvgIpc) is 2.76. The third-order valence-electron chi connectivity index (χ3n) is 2.45. The second-order valence-electron chi connectivity index (χ2n) is 4.08. The average molecular weight is 261 g/mol. The van der Waals surface area contributed by atoms with E-state index in [0.29, 0.717) is 18.7 Å². The molecule has 0 radical (unpaired) electrons. The van der Waals surface area contributed by atoms with E-state index in [0.717, 1.165) is 16.3 Å². The van der Waals surface area contributed by atoms with Crippen LogP contribution in [0.4, 0.5) is 5.69 Å². The Balaban J connectivity index is 1.83. The van der Waals surface area contributed by atoms with Crippen molar-refractivity contribution in [3.05, 3.63) is 45.9 Å². The summed E-state index contributed by atoms with van der Waals surface area (Å²) >= 11 is 1.56. The van der Waals surface area contributed by atoms with Gasteiger partial charge in [-0.1, -0.05) is 12.1 Å². The Morgan fingerprint density at radius 3 is 2.72 bits per heavy atom. The molecule has 0 bridgehead atoms. The van der Waals surface area contributed by atoms with Gasteiger partial charge >= 0.3 is 0 Å². The maximum absolute atomic E-state index is 11.7. The van der Waals surface area contributed by atoms with E-state index in [1.54, 1.807) is 23.5 Å². The zero-order valence-electron chi connectivity index (χ0n) is 10.1. The Morgan fingerprint density at radius 1 is 1.39 bits per heavy atom. The molecule has 0 unspecified atom stereocenters. The number of benzene rings is 1. The number of aryl methyl sites for hydroxylation is 1. The summed E-state index contributed by atoms with van der Waals surface area (Å²) in [5, 5.41) is 5.76. The Hall–Kier alpha value is -1.88. The summed E-state index contributed by atoms with van der Waals surface area (Å²) < 4.78 is 0. The third kappa shape index (κ3) is 3.56. The Kier molecular flexibility index (Phi) is 3.94. The fourth-order valence-corrected chi connectivity index (χ4v) is 2.25. The first-order valence-corrected chi connectivity index (χ1v) is 6.53. The highest BCUT2D eigenvalue weighted by molar-refractivity contribution is 7.09. The maximum Gasteiger partial charge on any atom is 0.224 e. The number of hydrogen-bond donors (Lipinski definition) is 2. The molecule has 0 saturated heterocycles. The zero-order valence-corrected chi connectivity index (χ0v) is 11.0. The minimum Gasteiger partial charge on any atom is -0.399 e. The molecule has 0 atom stereocenters. The van der Waals surface area contributed by atoms with Gasteiger partial charge in [0.05, 0.1) is 13.0 Å². The molecule has 0 saturated carbocycles. The molecule has 3 N–H and O–H groups in total. The molecule has 2 aromatic rings. The van der Waals surface area contributed by atoms with E-state index in [-0.39, 0.29) is 5.91 Å². The van der Waals surface area contributed by atoms with Crippen LogP contribution in [-0.4, -0.2) is 10.9 Å². The smallest absolute Gasteiger partial charge is 0.224 e. The number of aromatic nitrogens is 1. The van der Waals surface area contributed by atoms with Crippen molar-refractivity contribution in [2.45, 2.75) is 19.9 Å². The molecule has 1 heterocycles. The van der Waals surface area contributed by atoms with Gasteiger partial charge in [0, 0.05) is 16.8 Å². The first-order valence-electron chi connectivity index (χ1n) is 5.65. The first-order chi connectivity index (χ1) is 8.63. The van der Waals surface area contributed by atoms with Crippen molar-refractivity contribution in [3.8, 4) is 0 Å². The van der Waals surface area contributed by atoms with Gasteiger partial charge < -0.3 is 11.1 Å². The molecule has 0 spiro atoms. The van der Waals surface area contributed by atoms with Crippen LogP contribution in [0.3, 0.4) is 0 Å². The van der Waals surface area contributed by atoms with Gasteiger partial charge in [0.15, 0.2) is 0 Å². The van der Waals surface area contributed by atoms with Crippen LogP contribution in [0.25, 0.3) is 0 Å². The van der Waals surface area contributed by atoms with Crippen molar-refractivity contribution in [2.24, 2.45) is 0 Å². The fraction of sp³-hybridized carbons (Fsp3) is 0.231. The number of nitrogen functional groups attached to an aromatic ring is 1. The van der Waals surface area contributed by atoms with Crippen molar-refractivity contribution < 1.29 is 4.79 Å². The van der Waals surface area contributed by atoms with Gasteiger partial charge in [-0.15, -0.1) is 11.3 Å². The highest BCUT2D eigenvalue weighted by Crippen LogP contribution is 2.09. The summed E-state index contributed by atoms with van der Waals surface area (Å²) in [4.78, 5) is 16.0. The molecule has 2 rings (SSSR count). The lowest BCUT2D eigenvalue weighted by Gasteiger charge is -2.03. The SMILES string of the molecule is Cc1csc(CNC(=O)Cc2ccc(N)cc2)n1. The number of nitrogens with zero attached hydrogens (tertiary/aromatic N) is 1. The molecule has 94 valence electrons. The summed E-state index contributed by atoms with van der Waals surface area (Å²) in [5.74, 6) is -0.00683. The van der Waals surface area contributed by atoms with Gasteiger partial charge in [-0.3, -0.25) is 4.79 Å². The Labute approximate surface area is 110 Å². The summed E-state index contributed by atoms with van der Waals surface area (Å²) in [6.45, 7) is 2.43. The second-order valence-corrected chi connectivity index (χ2v) is 5.02. The van der Waals surface area contributed by atoms with Crippen LogP contribution in [0.5, 0.6) is 0 Å². The van der Waals surface area contributed by atoms with Crippen LogP contribution in [0.2, 0.25) is 0 Å². The molecule has 5 heteroatoms. The van der Waals surface area contributed by atoms with Gasteiger partial charge in [0.25, 0.3) is 0 Å². The lowest BCUT2D eigenvalue weighted by molar-refractivity contribution is -0.120. The van der Waals surface area contributed by atoms with Crippen LogP contribution >= 0.6 is 11.3 Å². The minimum absolute atomic E-state index is 0.00683. The zero-order chi connectivity index (χ0) is 13.0. The standard InChI is InChI=1S/C13H15N3OS/c1-9-8-18-13(16-9)7-15-12(17)6-10-2-4-11(14)5-3-10/h2-5,8H,6-7,14H2,1H3,(H,15,17). The van der Waals surface area contributed by atoms with Gasteiger partial charge in [-0.05, 0) is 24.6 Å². The lowest BCUT2D eigenvalue weighted by atomic mass is 10.1. The number of nitrogens with two attached hydrogens (primary N) is 1. The number of amides is 1. The minimum atomic E-state index is -0.00683. The fourth-order valence-electron chi connectivity index (χ4n) is 1.54. The van der Waals surface area contributed by atoms with Crippen LogP contribution < -0.4 is 11.1 Å². The van der Waals surface area contributed by atoms with E-state index < -0.39 is 0 Å². The predicted molar refractivity (Wildman–Crippen MR) is 73.3 cm³/mol. The monoisotopic (exact) mass is 261 g/mol. The van der Waals surface area contributed by atoms with Crippen LogP contribution in [0, 0.1) is 6.92 Å². The van der Waals surface area contributed by atoms with Crippen LogP contribution in [0.1, 0.15) is 16.3 Å². The van der Waals surface area contributed by atoms with Gasteiger partial charge in [-0.2, -0.15) is 0 Å². The molecule has 1 amide bonds. The highest BCUT2D eigenvalue weighted by atomic mass is 32.1. The number of nitrogens with one attached hydrogen (secondary N) is 1. The molecule has 0 aliphatic heterocycles. The number of thiazole rings is 1. The molecule has 1 aromatic carbocycles. The van der Waals surface area contributed by atoms with E-state index in [1.807, 2.05) is 24.4 Å². The van der Waals surface area contributed by atoms with Crippen molar-refractivity contribution in [2.75, 3.05) is 5.73 Å². The molecular weight excluding hydrogens is 246 g/mol. The number of rotatable bonds is 4. The van der Waals surface area contributed by atoms with Gasteiger partial charge in [-0.25, -0.2) is 4.98 Å². The van der Waals surface area contributed by atoms with Gasteiger partial charge in [0.2, 0.25) is 5.91 Å². The summed E-state index contributed by atoms with van der Waals surface area (Å²) in [6, 6.07) is 7.32. The summed E-state index contributed by atoms with van der Waals surface area (Å²) in [5.41, 5.74) is 8.24. The number of carbonyl (C=O) groups excluding carboxylic acids is 1. The predicted octanol–water partition coefficient (Wildman–Crippen LogP) is 1.89. The molecule has 0 aliphatic carbocycles. The Morgan fingerprint density at radius 2 is 2.11 bits per heavy atom. The highest BCUT2D eigenvalue weighted by Gasteiger charge is 2.04. The summed E-state index contributed by atoms with van der Waals surface area (Å²) in [7, 11) is 0. The van der Waals surface area contributed by atoms with E-state index in [9.17, 15) is 4.79 Å². The molecular formula is C13H15N3OS. The largest absolute Gasteiger partial charge is 0.399 e. The number of carbonyl (C=O) groups is 1. The van der Waals surface area contributed by atoms with Crippen molar-refractivity contribution >= 4 is 22.9 Å². The first kappa shape index (κ1) is 12.6. The number of hydrogen-bond acceptors (Lipinski definition) is 4. The molecule has 18 heavy (non-hydrogen) atoms. The lowest BCUT2D eigenvalue weighted by Crippen LogP contribution is -2.24. The topological polar surface area (TPSA) is 68.0 Å². The summed E-state index contributed by atoms with van der Waals surface area (Å²) in [6.07, 6.45) is 0.366. The molecule has 0 aliphatic rings. The molecule has 4 nitrogen and oxygen atoms in total. The molecule has 0 fully saturated rings. The van der Waals surface area contributed by atoms with E-state index in [4.69, 9.17) is 5.73 Å². The van der Waals surface area contributed by atoms with Crippen molar-refractivity contribution in [1.29, 1.82) is 0 Å². The second kappa shape index (κ2) is 5.64. The quantitative estimate of drug-likeness (QED) is 0.826. The maximum atomic E-state index is 11.7. The number of anilines is 1. The Bertz CT molecular complexity index is 533. The normalized spacial score (nSPS) is 10.3. The van der Waals surface area contributed by atoms with Gasteiger partial charge in [0.1, 0.15) is 5.01 Å². The molecule has 1 aromatic heterocycles. The van der Waals surface area contributed by atoms with Crippen LogP contribution in [-0.2, 0) is 17.8 Å². The van der Waals surface area contributed by atoms with Crippen LogP contribution in [0.15, 0.2) is 29.6 Å². The van der Waals surface area contributed by atoms with E-state index in [2.05, 4.69) is 10.3 Å². The van der Waals surface area contributed by atoms with E-state index in [1.165, 1.54) is 0 Å². The third-order valence-corrected chi connectivity index (χ3v) is 3.41.